The maximum absolute atomic E-state index is 12.5. The number of nitrogens with zero attached hydrogens (tertiary/aromatic N) is 2. The molecule has 0 bridgehead atoms. The highest BCUT2D eigenvalue weighted by Gasteiger charge is 2.34. The minimum absolute atomic E-state index is 0.0826. The van der Waals surface area contributed by atoms with Gasteiger partial charge in [0.05, 0.1) is 0 Å². The van der Waals surface area contributed by atoms with Crippen LogP contribution in [0.3, 0.4) is 0 Å². The van der Waals surface area contributed by atoms with Gasteiger partial charge < -0.3 is 15.4 Å². The maximum Gasteiger partial charge on any atom is 0.451 e. The van der Waals surface area contributed by atoms with Crippen molar-refractivity contribution in [3.8, 4) is 5.75 Å². The van der Waals surface area contributed by atoms with Gasteiger partial charge in [0.15, 0.2) is 0 Å². The molecule has 2 N–H and O–H groups in total. The lowest BCUT2D eigenvalue weighted by Gasteiger charge is -2.27. The summed E-state index contributed by atoms with van der Waals surface area (Å²) in [5.41, 5.74) is 0.617. The van der Waals surface area contributed by atoms with Gasteiger partial charge in [-0.25, -0.2) is 9.97 Å². The van der Waals surface area contributed by atoms with Crippen molar-refractivity contribution in [2.24, 2.45) is 0 Å². The van der Waals surface area contributed by atoms with Gasteiger partial charge in [0.1, 0.15) is 17.7 Å². The lowest BCUT2D eigenvalue weighted by atomic mass is 10.2. The SMILES string of the molecule is FC(F)(F)c1nccc(Nc2ccc(OC3CNC3)cc2)n1. The monoisotopic (exact) mass is 310 g/mol. The number of halogens is 3. The van der Waals surface area contributed by atoms with E-state index in [1.165, 1.54) is 6.07 Å². The fraction of sp³-hybridized carbons (Fsp3) is 0.286. The van der Waals surface area contributed by atoms with Crippen LogP contribution in [0.2, 0.25) is 0 Å². The molecule has 1 saturated heterocycles. The molecule has 1 aliphatic heterocycles. The minimum atomic E-state index is -4.56. The van der Waals surface area contributed by atoms with Crippen molar-refractivity contribution in [3.05, 3.63) is 42.4 Å². The average Bonchev–Trinajstić information content (AvgIpc) is 2.44. The molecule has 1 aliphatic rings. The summed E-state index contributed by atoms with van der Waals surface area (Å²) in [4.78, 5) is 6.66. The number of hydrogen-bond acceptors (Lipinski definition) is 5. The van der Waals surface area contributed by atoms with Crippen LogP contribution in [0.4, 0.5) is 24.7 Å². The van der Waals surface area contributed by atoms with E-state index in [1.54, 1.807) is 24.3 Å². The third-order valence-electron chi connectivity index (χ3n) is 3.08. The van der Waals surface area contributed by atoms with Crippen LogP contribution in [0.1, 0.15) is 5.82 Å². The predicted molar refractivity (Wildman–Crippen MR) is 74.0 cm³/mol. The standard InChI is InChI=1S/C14H13F3N4O/c15-14(16,17)13-19-6-5-12(21-13)20-9-1-3-10(4-2-9)22-11-7-18-8-11/h1-6,11,18H,7-8H2,(H,19,20,21). The van der Waals surface area contributed by atoms with E-state index in [1.807, 2.05) is 0 Å². The largest absolute Gasteiger partial charge is 0.488 e. The fourth-order valence-corrected chi connectivity index (χ4v) is 1.87. The molecule has 116 valence electrons. The number of nitrogens with one attached hydrogen (secondary N) is 2. The molecule has 5 nitrogen and oxygen atoms in total. The molecule has 1 fully saturated rings. The summed E-state index contributed by atoms with van der Waals surface area (Å²) in [5, 5.41) is 5.91. The zero-order chi connectivity index (χ0) is 15.6. The Bertz CT molecular complexity index is 641. The van der Waals surface area contributed by atoms with Gasteiger partial charge in [0.25, 0.3) is 0 Å². The molecule has 8 heteroatoms. The van der Waals surface area contributed by atoms with Crippen LogP contribution in [0, 0.1) is 0 Å². The van der Waals surface area contributed by atoms with Crippen molar-refractivity contribution < 1.29 is 17.9 Å². The summed E-state index contributed by atoms with van der Waals surface area (Å²) >= 11 is 0. The second-order valence-electron chi connectivity index (χ2n) is 4.81. The van der Waals surface area contributed by atoms with Crippen LogP contribution in [0.25, 0.3) is 0 Å². The summed E-state index contributed by atoms with van der Waals surface area (Å²) in [6.45, 7) is 1.64. The molecule has 1 aromatic heterocycles. The van der Waals surface area contributed by atoms with Crippen molar-refractivity contribution in [1.29, 1.82) is 0 Å². The minimum Gasteiger partial charge on any atom is -0.488 e. The van der Waals surface area contributed by atoms with E-state index in [9.17, 15) is 13.2 Å². The third-order valence-corrected chi connectivity index (χ3v) is 3.08. The summed E-state index contributed by atoms with van der Waals surface area (Å²) in [6, 6.07) is 8.33. The van der Waals surface area contributed by atoms with Crippen LogP contribution in [-0.4, -0.2) is 29.2 Å². The van der Waals surface area contributed by atoms with Crippen LogP contribution in [-0.2, 0) is 6.18 Å². The number of benzene rings is 1. The molecule has 0 unspecified atom stereocenters. The van der Waals surface area contributed by atoms with E-state index < -0.39 is 12.0 Å². The highest BCUT2D eigenvalue weighted by atomic mass is 19.4. The van der Waals surface area contributed by atoms with Crippen LogP contribution >= 0.6 is 0 Å². The molecule has 0 spiro atoms. The maximum atomic E-state index is 12.5. The molecule has 0 amide bonds. The van der Waals surface area contributed by atoms with Gasteiger partial charge in [0, 0.05) is 25.0 Å². The number of alkyl halides is 3. The van der Waals surface area contributed by atoms with E-state index in [-0.39, 0.29) is 11.9 Å². The first kappa shape index (κ1) is 14.6. The average molecular weight is 310 g/mol. The van der Waals surface area contributed by atoms with Crippen molar-refractivity contribution in [1.82, 2.24) is 15.3 Å². The van der Waals surface area contributed by atoms with Crippen molar-refractivity contribution in [2.75, 3.05) is 18.4 Å². The molecule has 22 heavy (non-hydrogen) atoms. The van der Waals surface area contributed by atoms with Crippen molar-refractivity contribution >= 4 is 11.5 Å². The quantitative estimate of drug-likeness (QED) is 0.909. The number of ether oxygens (including phenoxy) is 1. The number of hydrogen-bond donors (Lipinski definition) is 2. The molecule has 0 saturated carbocycles. The van der Waals surface area contributed by atoms with Gasteiger partial charge in [0.2, 0.25) is 5.82 Å². The van der Waals surface area contributed by atoms with Gasteiger partial charge in [-0.05, 0) is 30.3 Å². The number of rotatable bonds is 4. The van der Waals surface area contributed by atoms with Crippen LogP contribution in [0.15, 0.2) is 36.5 Å². The van der Waals surface area contributed by atoms with Crippen molar-refractivity contribution in [3.63, 3.8) is 0 Å². The van der Waals surface area contributed by atoms with Crippen LogP contribution < -0.4 is 15.4 Å². The molecule has 0 atom stereocenters. The Kier molecular flexibility index (Phi) is 3.84. The topological polar surface area (TPSA) is 59.1 Å². The second kappa shape index (κ2) is 5.80. The summed E-state index contributed by atoms with van der Waals surface area (Å²) < 4.78 is 43.3. The normalized spacial score (nSPS) is 15.2. The fourth-order valence-electron chi connectivity index (χ4n) is 1.87. The van der Waals surface area contributed by atoms with Gasteiger partial charge in [-0.3, -0.25) is 0 Å². The first-order valence-corrected chi connectivity index (χ1v) is 6.65. The molecule has 1 aromatic carbocycles. The van der Waals surface area contributed by atoms with Crippen molar-refractivity contribution in [2.45, 2.75) is 12.3 Å². The Balaban J connectivity index is 1.67. The van der Waals surface area contributed by atoms with Gasteiger partial charge in [-0.2, -0.15) is 13.2 Å². The first-order chi connectivity index (χ1) is 10.5. The number of aromatic nitrogens is 2. The van der Waals surface area contributed by atoms with Gasteiger partial charge >= 0.3 is 6.18 Å². The van der Waals surface area contributed by atoms with E-state index in [2.05, 4.69) is 20.6 Å². The number of anilines is 2. The summed E-state index contributed by atoms with van der Waals surface area (Å²) in [7, 11) is 0. The Morgan fingerprint density at radius 2 is 1.86 bits per heavy atom. The Morgan fingerprint density at radius 1 is 1.14 bits per heavy atom. The van der Waals surface area contributed by atoms with Gasteiger partial charge in [-0.15, -0.1) is 0 Å². The first-order valence-electron chi connectivity index (χ1n) is 6.65. The Labute approximate surface area is 124 Å². The lowest BCUT2D eigenvalue weighted by molar-refractivity contribution is -0.144. The van der Waals surface area contributed by atoms with E-state index >= 15 is 0 Å². The highest BCUT2D eigenvalue weighted by Crippen LogP contribution is 2.27. The van der Waals surface area contributed by atoms with E-state index in [0.29, 0.717) is 5.69 Å². The predicted octanol–water partition coefficient (Wildman–Crippen LogP) is 2.59. The highest BCUT2D eigenvalue weighted by molar-refractivity contribution is 5.56. The van der Waals surface area contributed by atoms with Crippen LogP contribution in [0.5, 0.6) is 5.75 Å². The molecule has 0 aliphatic carbocycles. The molecule has 3 rings (SSSR count). The zero-order valence-corrected chi connectivity index (χ0v) is 11.4. The van der Waals surface area contributed by atoms with Gasteiger partial charge in [-0.1, -0.05) is 0 Å². The second-order valence-corrected chi connectivity index (χ2v) is 4.81. The zero-order valence-electron chi connectivity index (χ0n) is 11.4. The molecular weight excluding hydrogens is 297 g/mol. The molecular formula is C14H13F3N4O. The lowest BCUT2D eigenvalue weighted by Crippen LogP contribution is -2.50. The summed E-state index contributed by atoms with van der Waals surface area (Å²) in [6.07, 6.45) is -3.32. The molecule has 2 aromatic rings. The van der Waals surface area contributed by atoms with E-state index in [0.717, 1.165) is 25.0 Å². The Hall–Kier alpha value is -2.35. The van der Waals surface area contributed by atoms with E-state index in [4.69, 9.17) is 4.74 Å². The summed E-state index contributed by atoms with van der Waals surface area (Å²) in [5.74, 6) is -0.371. The molecule has 0 radical (unpaired) electrons. The smallest absolute Gasteiger partial charge is 0.451 e. The third kappa shape index (κ3) is 3.45. The molecule has 2 heterocycles. The Morgan fingerprint density at radius 3 is 2.45 bits per heavy atom.